The molecular weight excluding hydrogens is 274 g/mol. The number of nitrogens with zero attached hydrogens (tertiary/aromatic N) is 3. The van der Waals surface area contributed by atoms with Crippen molar-refractivity contribution in [2.45, 2.75) is 39.4 Å². The van der Waals surface area contributed by atoms with Crippen LogP contribution in [0.5, 0.6) is 0 Å². The van der Waals surface area contributed by atoms with E-state index in [1.165, 1.54) is 11.8 Å². The SMILES string of the molecule is CCN(CC)C(=O)CSc1nc(C)c(C)n1CCOC. The molecule has 0 aliphatic rings. The maximum atomic E-state index is 12.0. The molecule has 5 nitrogen and oxygen atoms in total. The molecule has 0 N–H and O–H groups in total. The first-order valence-corrected chi connectivity index (χ1v) is 7.96. The molecule has 0 unspecified atom stereocenters. The van der Waals surface area contributed by atoms with E-state index in [1.807, 2.05) is 32.6 Å². The van der Waals surface area contributed by atoms with Gasteiger partial charge in [-0.15, -0.1) is 0 Å². The van der Waals surface area contributed by atoms with E-state index >= 15 is 0 Å². The van der Waals surface area contributed by atoms with Crippen LogP contribution in [0.15, 0.2) is 5.16 Å². The quantitative estimate of drug-likeness (QED) is 0.690. The Kier molecular flexibility index (Phi) is 7.09. The van der Waals surface area contributed by atoms with Crippen molar-refractivity contribution >= 4 is 17.7 Å². The summed E-state index contributed by atoms with van der Waals surface area (Å²) in [5.74, 6) is 0.599. The van der Waals surface area contributed by atoms with Gasteiger partial charge in [-0.1, -0.05) is 11.8 Å². The third kappa shape index (κ3) is 4.24. The molecule has 0 saturated carbocycles. The molecule has 0 aliphatic heterocycles. The van der Waals surface area contributed by atoms with Crippen LogP contribution in [0.25, 0.3) is 0 Å². The summed E-state index contributed by atoms with van der Waals surface area (Å²) < 4.78 is 7.25. The summed E-state index contributed by atoms with van der Waals surface area (Å²) >= 11 is 1.50. The Bertz CT molecular complexity index is 442. The van der Waals surface area contributed by atoms with Crippen LogP contribution in [0.1, 0.15) is 25.2 Å². The zero-order valence-corrected chi connectivity index (χ0v) is 13.9. The highest BCUT2D eigenvalue weighted by atomic mass is 32.2. The van der Waals surface area contributed by atoms with Crippen LogP contribution >= 0.6 is 11.8 Å². The van der Waals surface area contributed by atoms with Gasteiger partial charge in [-0.2, -0.15) is 0 Å². The number of methoxy groups -OCH3 is 1. The predicted octanol–water partition coefficient (Wildman–Crippen LogP) is 2.11. The van der Waals surface area contributed by atoms with Crippen molar-refractivity contribution in [3.8, 4) is 0 Å². The number of rotatable bonds is 8. The van der Waals surface area contributed by atoms with Crippen LogP contribution in [-0.4, -0.2) is 52.9 Å². The Balaban J connectivity index is 2.72. The lowest BCUT2D eigenvalue weighted by atomic mass is 10.4. The van der Waals surface area contributed by atoms with Crippen molar-refractivity contribution in [3.63, 3.8) is 0 Å². The molecule has 1 amide bonds. The Hall–Kier alpha value is -1.01. The zero-order valence-electron chi connectivity index (χ0n) is 13.1. The summed E-state index contributed by atoms with van der Waals surface area (Å²) in [6.07, 6.45) is 0. The first kappa shape index (κ1) is 17.0. The fraction of sp³-hybridized carbons (Fsp3) is 0.714. The molecule has 20 heavy (non-hydrogen) atoms. The van der Waals surface area contributed by atoms with E-state index in [0.717, 1.165) is 36.2 Å². The average molecular weight is 299 g/mol. The largest absolute Gasteiger partial charge is 0.383 e. The highest BCUT2D eigenvalue weighted by Crippen LogP contribution is 2.21. The van der Waals surface area contributed by atoms with Crippen molar-refractivity contribution in [1.29, 1.82) is 0 Å². The van der Waals surface area contributed by atoms with E-state index in [2.05, 4.69) is 9.55 Å². The molecule has 0 fully saturated rings. The monoisotopic (exact) mass is 299 g/mol. The van der Waals surface area contributed by atoms with Crippen LogP contribution in [0.2, 0.25) is 0 Å². The number of thioether (sulfide) groups is 1. The van der Waals surface area contributed by atoms with Gasteiger partial charge < -0.3 is 14.2 Å². The molecule has 0 atom stereocenters. The summed E-state index contributed by atoms with van der Waals surface area (Å²) in [5.41, 5.74) is 2.15. The normalized spacial score (nSPS) is 10.8. The van der Waals surface area contributed by atoms with Crippen molar-refractivity contribution in [1.82, 2.24) is 14.5 Å². The fourth-order valence-corrected chi connectivity index (χ4v) is 2.99. The number of aromatic nitrogens is 2. The van der Waals surface area contributed by atoms with Crippen molar-refractivity contribution in [2.24, 2.45) is 0 Å². The molecule has 1 rings (SSSR count). The summed E-state index contributed by atoms with van der Waals surface area (Å²) in [6, 6.07) is 0. The van der Waals surface area contributed by atoms with Crippen molar-refractivity contribution in [2.75, 3.05) is 32.6 Å². The molecule has 0 radical (unpaired) electrons. The number of aryl methyl sites for hydroxylation is 1. The Labute approximate surface area is 125 Å². The van der Waals surface area contributed by atoms with Gasteiger partial charge in [-0.05, 0) is 27.7 Å². The number of hydrogen-bond donors (Lipinski definition) is 0. The second-order valence-electron chi connectivity index (χ2n) is 4.56. The summed E-state index contributed by atoms with van der Waals surface area (Å²) in [6.45, 7) is 11.0. The minimum Gasteiger partial charge on any atom is -0.383 e. The molecule has 0 aromatic carbocycles. The number of ether oxygens (including phenoxy) is 1. The molecular formula is C14H25N3O2S. The highest BCUT2D eigenvalue weighted by Gasteiger charge is 2.15. The number of carbonyl (C=O) groups excluding carboxylic acids is 1. The van der Waals surface area contributed by atoms with Gasteiger partial charge in [-0.25, -0.2) is 4.98 Å². The number of hydrogen-bond acceptors (Lipinski definition) is 4. The van der Waals surface area contributed by atoms with Gasteiger partial charge in [0.1, 0.15) is 0 Å². The van der Waals surface area contributed by atoms with Crippen LogP contribution in [0.4, 0.5) is 0 Å². The standard InChI is InChI=1S/C14H25N3O2S/c1-6-16(7-2)13(18)10-20-14-15-11(3)12(4)17(14)8-9-19-5/h6-10H2,1-5H3. The molecule has 1 aromatic heterocycles. The second kappa shape index (κ2) is 8.32. The van der Waals surface area contributed by atoms with E-state index < -0.39 is 0 Å². The highest BCUT2D eigenvalue weighted by molar-refractivity contribution is 7.99. The van der Waals surface area contributed by atoms with Crippen molar-refractivity contribution < 1.29 is 9.53 Å². The van der Waals surface area contributed by atoms with Crippen LogP contribution in [0, 0.1) is 13.8 Å². The smallest absolute Gasteiger partial charge is 0.233 e. The van der Waals surface area contributed by atoms with E-state index in [4.69, 9.17) is 4.74 Å². The molecule has 0 spiro atoms. The summed E-state index contributed by atoms with van der Waals surface area (Å²) in [4.78, 5) is 18.4. The average Bonchev–Trinajstić information content (AvgIpc) is 2.71. The molecule has 114 valence electrons. The minimum absolute atomic E-state index is 0.164. The zero-order chi connectivity index (χ0) is 15.1. The third-order valence-corrected chi connectivity index (χ3v) is 4.34. The Morgan fingerprint density at radius 1 is 1.35 bits per heavy atom. The van der Waals surface area contributed by atoms with E-state index in [1.54, 1.807) is 7.11 Å². The van der Waals surface area contributed by atoms with Crippen molar-refractivity contribution in [3.05, 3.63) is 11.4 Å². The number of amides is 1. The second-order valence-corrected chi connectivity index (χ2v) is 5.51. The summed E-state index contributed by atoms with van der Waals surface area (Å²) in [5, 5.41) is 0.901. The maximum Gasteiger partial charge on any atom is 0.233 e. The molecule has 0 bridgehead atoms. The lowest BCUT2D eigenvalue weighted by molar-refractivity contribution is -0.127. The topological polar surface area (TPSA) is 47.4 Å². The predicted molar refractivity (Wildman–Crippen MR) is 82.2 cm³/mol. The lowest BCUT2D eigenvalue weighted by Gasteiger charge is -2.18. The van der Waals surface area contributed by atoms with Crippen LogP contribution in [-0.2, 0) is 16.1 Å². The van der Waals surface area contributed by atoms with Gasteiger partial charge in [0.15, 0.2) is 5.16 Å². The van der Waals surface area contributed by atoms with Gasteiger partial charge in [0.05, 0.1) is 18.1 Å². The van der Waals surface area contributed by atoms with Gasteiger partial charge in [0.25, 0.3) is 0 Å². The van der Waals surface area contributed by atoms with Gasteiger partial charge in [0.2, 0.25) is 5.91 Å². The van der Waals surface area contributed by atoms with Crippen LogP contribution < -0.4 is 0 Å². The molecule has 0 saturated heterocycles. The molecule has 1 aromatic rings. The number of imidazole rings is 1. The van der Waals surface area contributed by atoms with Gasteiger partial charge >= 0.3 is 0 Å². The molecule has 1 heterocycles. The lowest BCUT2D eigenvalue weighted by Crippen LogP contribution is -2.32. The first-order valence-electron chi connectivity index (χ1n) is 6.98. The van der Waals surface area contributed by atoms with E-state index in [9.17, 15) is 4.79 Å². The maximum absolute atomic E-state index is 12.0. The van der Waals surface area contributed by atoms with Crippen LogP contribution in [0.3, 0.4) is 0 Å². The molecule has 6 heteroatoms. The Morgan fingerprint density at radius 3 is 2.55 bits per heavy atom. The Morgan fingerprint density at radius 2 is 2.00 bits per heavy atom. The minimum atomic E-state index is 0.164. The fourth-order valence-electron chi connectivity index (χ4n) is 1.97. The van der Waals surface area contributed by atoms with Gasteiger partial charge in [0, 0.05) is 32.4 Å². The number of carbonyl (C=O) groups is 1. The van der Waals surface area contributed by atoms with Gasteiger partial charge in [-0.3, -0.25) is 4.79 Å². The van der Waals surface area contributed by atoms with E-state index in [-0.39, 0.29) is 5.91 Å². The summed E-state index contributed by atoms with van der Waals surface area (Å²) in [7, 11) is 1.69. The third-order valence-electron chi connectivity index (χ3n) is 3.38. The molecule has 0 aliphatic carbocycles. The van der Waals surface area contributed by atoms with E-state index in [0.29, 0.717) is 12.4 Å². The first-order chi connectivity index (χ1) is 9.54.